The molecule has 1 aliphatic rings. The smallest absolute Gasteiger partial charge is 0.293 e. The first kappa shape index (κ1) is 22.9. The van der Waals surface area contributed by atoms with Crippen LogP contribution in [-0.2, 0) is 16.1 Å². The van der Waals surface area contributed by atoms with Crippen molar-refractivity contribution < 1.29 is 14.4 Å². The maximum absolute atomic E-state index is 12.9. The molecule has 8 heteroatoms. The van der Waals surface area contributed by atoms with Crippen LogP contribution in [0.5, 0.6) is 0 Å². The van der Waals surface area contributed by atoms with Crippen LogP contribution in [0.2, 0.25) is 5.02 Å². The van der Waals surface area contributed by atoms with E-state index in [0.717, 1.165) is 45.7 Å². The van der Waals surface area contributed by atoms with Crippen LogP contribution in [0.15, 0.2) is 59.5 Å². The first-order valence-corrected chi connectivity index (χ1v) is 11.5. The van der Waals surface area contributed by atoms with Crippen LogP contribution < -0.4 is 5.32 Å². The van der Waals surface area contributed by atoms with Crippen molar-refractivity contribution in [1.29, 1.82) is 0 Å². The Balaban J connectivity index is 1.58. The molecule has 2 heterocycles. The van der Waals surface area contributed by atoms with Crippen molar-refractivity contribution in [1.82, 2.24) is 9.47 Å². The summed E-state index contributed by atoms with van der Waals surface area (Å²) in [5.74, 6) is -0.423. The van der Waals surface area contributed by atoms with Crippen LogP contribution in [0.25, 0.3) is 11.8 Å². The highest BCUT2D eigenvalue weighted by atomic mass is 35.5. The molecular weight excluding hydrogens is 458 g/mol. The van der Waals surface area contributed by atoms with E-state index in [9.17, 15) is 14.4 Å². The van der Waals surface area contributed by atoms with Gasteiger partial charge in [-0.3, -0.25) is 19.3 Å². The Labute approximate surface area is 201 Å². The molecule has 33 heavy (non-hydrogen) atoms. The zero-order valence-corrected chi connectivity index (χ0v) is 20.0. The number of hydrogen-bond acceptors (Lipinski definition) is 4. The average Bonchev–Trinajstić information content (AvgIpc) is 3.19. The minimum Gasteiger partial charge on any atom is -0.326 e. The maximum Gasteiger partial charge on any atom is 0.293 e. The number of carbonyl (C=O) groups is 3. The number of aryl methyl sites for hydroxylation is 1. The second kappa shape index (κ2) is 9.29. The fourth-order valence-electron chi connectivity index (χ4n) is 3.78. The van der Waals surface area contributed by atoms with Crippen LogP contribution in [0.1, 0.15) is 29.4 Å². The molecule has 1 fully saturated rings. The zero-order chi connectivity index (χ0) is 23.7. The SMILES string of the molecule is CC(=O)Nc1ccc(-n2c(C)cc(/C=C3/SC(=O)N(Cc4ccc(Cl)cc4)C3=O)c2C)cc1. The maximum atomic E-state index is 12.9. The number of carbonyl (C=O) groups excluding carboxylic acids is 3. The highest BCUT2D eigenvalue weighted by Gasteiger charge is 2.35. The lowest BCUT2D eigenvalue weighted by atomic mass is 10.2. The summed E-state index contributed by atoms with van der Waals surface area (Å²) >= 11 is 6.87. The lowest BCUT2D eigenvalue weighted by Crippen LogP contribution is -2.27. The Morgan fingerprint density at radius 3 is 2.36 bits per heavy atom. The number of nitrogens with one attached hydrogen (secondary N) is 1. The summed E-state index contributed by atoms with van der Waals surface area (Å²) in [4.78, 5) is 38.3. The molecule has 0 saturated carbocycles. The zero-order valence-electron chi connectivity index (χ0n) is 18.4. The molecular formula is C25H22ClN3O3S. The summed E-state index contributed by atoms with van der Waals surface area (Å²) in [6.07, 6.45) is 1.78. The summed E-state index contributed by atoms with van der Waals surface area (Å²) in [5.41, 5.74) is 5.31. The monoisotopic (exact) mass is 479 g/mol. The molecule has 0 aliphatic carbocycles. The van der Waals surface area contributed by atoms with Crippen molar-refractivity contribution in [3.63, 3.8) is 0 Å². The van der Waals surface area contributed by atoms with E-state index in [1.54, 1.807) is 30.3 Å². The molecule has 0 unspecified atom stereocenters. The molecule has 3 aromatic rings. The third-order valence-electron chi connectivity index (χ3n) is 5.33. The molecule has 1 aromatic heterocycles. The van der Waals surface area contributed by atoms with Gasteiger partial charge in [-0.25, -0.2) is 0 Å². The van der Waals surface area contributed by atoms with Gasteiger partial charge in [0.2, 0.25) is 5.91 Å². The van der Waals surface area contributed by atoms with E-state index in [1.165, 1.54) is 11.8 Å². The molecule has 2 aromatic carbocycles. The molecule has 1 saturated heterocycles. The van der Waals surface area contributed by atoms with E-state index in [2.05, 4.69) is 9.88 Å². The van der Waals surface area contributed by atoms with Gasteiger partial charge in [0.25, 0.3) is 11.1 Å². The number of nitrogens with zero attached hydrogens (tertiary/aromatic N) is 2. The number of anilines is 1. The summed E-state index contributed by atoms with van der Waals surface area (Å²) in [6, 6.07) is 16.6. The van der Waals surface area contributed by atoms with Crippen LogP contribution in [-0.4, -0.2) is 26.5 Å². The molecule has 3 amide bonds. The van der Waals surface area contributed by atoms with Gasteiger partial charge in [0, 0.05) is 34.7 Å². The van der Waals surface area contributed by atoms with Crippen molar-refractivity contribution in [3.8, 4) is 5.69 Å². The lowest BCUT2D eigenvalue weighted by Gasteiger charge is -2.12. The fraction of sp³-hybridized carbons (Fsp3) is 0.160. The van der Waals surface area contributed by atoms with Crippen LogP contribution in [0, 0.1) is 13.8 Å². The van der Waals surface area contributed by atoms with Crippen molar-refractivity contribution in [3.05, 3.63) is 87.0 Å². The normalized spacial score (nSPS) is 14.9. The Morgan fingerprint density at radius 2 is 1.73 bits per heavy atom. The van der Waals surface area contributed by atoms with Gasteiger partial charge in [-0.2, -0.15) is 0 Å². The third kappa shape index (κ3) is 4.89. The van der Waals surface area contributed by atoms with Crippen molar-refractivity contribution in [2.75, 3.05) is 5.32 Å². The number of rotatable bonds is 5. The van der Waals surface area contributed by atoms with Gasteiger partial charge in [0.05, 0.1) is 11.4 Å². The highest BCUT2D eigenvalue weighted by molar-refractivity contribution is 8.18. The van der Waals surface area contributed by atoms with Gasteiger partial charge in [0.1, 0.15) is 0 Å². The van der Waals surface area contributed by atoms with Crippen molar-refractivity contribution >= 4 is 52.2 Å². The molecule has 168 valence electrons. The molecule has 0 spiro atoms. The standard InChI is InChI=1S/C25H22ClN3O3S/c1-15-12-19(16(2)29(15)22-10-8-21(9-11-22)27-17(3)30)13-23-24(31)28(25(32)33-23)14-18-4-6-20(26)7-5-18/h4-13H,14H2,1-3H3,(H,27,30)/b23-13+. The molecule has 1 N–H and O–H groups in total. The number of aromatic nitrogens is 1. The Hall–Kier alpha value is -3.29. The second-order valence-electron chi connectivity index (χ2n) is 7.78. The summed E-state index contributed by atoms with van der Waals surface area (Å²) < 4.78 is 2.07. The Morgan fingerprint density at radius 1 is 1.06 bits per heavy atom. The minimum atomic E-state index is -0.301. The van der Waals surface area contributed by atoms with E-state index in [0.29, 0.717) is 9.93 Å². The van der Waals surface area contributed by atoms with Gasteiger partial charge in [-0.1, -0.05) is 23.7 Å². The molecule has 1 aliphatic heterocycles. The molecule has 4 rings (SSSR count). The van der Waals surface area contributed by atoms with E-state index < -0.39 is 0 Å². The van der Waals surface area contributed by atoms with E-state index in [-0.39, 0.29) is 23.6 Å². The number of hydrogen-bond donors (Lipinski definition) is 1. The topological polar surface area (TPSA) is 71.4 Å². The predicted octanol–water partition coefficient (Wildman–Crippen LogP) is 5.94. The molecule has 6 nitrogen and oxygen atoms in total. The third-order valence-corrected chi connectivity index (χ3v) is 6.49. The number of imide groups is 1. The fourth-order valence-corrected chi connectivity index (χ4v) is 4.73. The number of benzene rings is 2. The average molecular weight is 480 g/mol. The number of halogens is 1. The number of thioether (sulfide) groups is 1. The van der Waals surface area contributed by atoms with Gasteiger partial charge in [-0.15, -0.1) is 0 Å². The summed E-state index contributed by atoms with van der Waals surface area (Å²) in [5, 5.41) is 3.07. The largest absolute Gasteiger partial charge is 0.326 e. The van der Waals surface area contributed by atoms with Gasteiger partial charge < -0.3 is 9.88 Å². The van der Waals surface area contributed by atoms with E-state index in [1.807, 2.05) is 44.2 Å². The van der Waals surface area contributed by atoms with Gasteiger partial charge in [0.15, 0.2) is 0 Å². The lowest BCUT2D eigenvalue weighted by molar-refractivity contribution is -0.123. The van der Waals surface area contributed by atoms with Crippen molar-refractivity contribution in [2.24, 2.45) is 0 Å². The highest BCUT2D eigenvalue weighted by Crippen LogP contribution is 2.35. The molecule has 0 atom stereocenters. The molecule has 0 bridgehead atoms. The van der Waals surface area contributed by atoms with Crippen LogP contribution >= 0.6 is 23.4 Å². The summed E-state index contributed by atoms with van der Waals surface area (Å²) in [6.45, 7) is 5.63. The first-order chi connectivity index (χ1) is 15.7. The van der Waals surface area contributed by atoms with Crippen LogP contribution in [0.4, 0.5) is 10.5 Å². The van der Waals surface area contributed by atoms with E-state index >= 15 is 0 Å². The Kier molecular flexibility index (Phi) is 6.44. The van der Waals surface area contributed by atoms with Crippen LogP contribution in [0.3, 0.4) is 0 Å². The van der Waals surface area contributed by atoms with E-state index in [4.69, 9.17) is 11.6 Å². The van der Waals surface area contributed by atoms with Gasteiger partial charge in [-0.05, 0) is 85.3 Å². The predicted molar refractivity (Wildman–Crippen MR) is 133 cm³/mol. The first-order valence-electron chi connectivity index (χ1n) is 10.3. The minimum absolute atomic E-state index is 0.122. The van der Waals surface area contributed by atoms with Gasteiger partial charge >= 0.3 is 0 Å². The second-order valence-corrected chi connectivity index (χ2v) is 9.21. The quantitative estimate of drug-likeness (QED) is 0.459. The molecule has 0 radical (unpaired) electrons. The summed E-state index contributed by atoms with van der Waals surface area (Å²) in [7, 11) is 0. The van der Waals surface area contributed by atoms with Crippen molar-refractivity contribution in [2.45, 2.75) is 27.3 Å². The Bertz CT molecular complexity index is 1280. The number of amides is 3.